The predicted molar refractivity (Wildman–Crippen MR) is 239 cm³/mol. The van der Waals surface area contributed by atoms with Gasteiger partial charge in [-0.25, -0.2) is 0 Å². The molecule has 9 fully saturated rings. The molecule has 0 aromatic heterocycles. The molecule has 0 spiro atoms. The number of carbonyl (C=O) groups excluding carboxylic acids is 4. The predicted octanol–water partition coefficient (Wildman–Crippen LogP) is 10.9. The van der Waals surface area contributed by atoms with E-state index in [1.165, 1.54) is 51.4 Å². The van der Waals surface area contributed by atoms with Crippen molar-refractivity contribution in [3.05, 3.63) is 0 Å². The summed E-state index contributed by atoms with van der Waals surface area (Å²) in [4.78, 5) is 51.1. The molecule has 18 atom stereocenters. The highest BCUT2D eigenvalue weighted by atomic mass is 16.6. The lowest BCUT2D eigenvalue weighted by atomic mass is 9.44. The van der Waals surface area contributed by atoms with E-state index in [2.05, 4.69) is 55.4 Å². The Hall–Kier alpha value is -1.44. The Labute approximate surface area is 369 Å². The summed E-state index contributed by atoms with van der Waals surface area (Å²) in [5.41, 5.74) is -0.0578. The lowest BCUT2D eigenvalue weighted by Crippen LogP contribution is -2.57. The zero-order valence-corrected chi connectivity index (χ0v) is 40.2. The van der Waals surface area contributed by atoms with Crippen LogP contribution in [-0.2, 0) is 23.9 Å². The fourth-order valence-corrected chi connectivity index (χ4v) is 17.7. The fraction of sp³-hybridized carbons (Fsp3) is 0.926. The molecular formula is C54H86O7. The van der Waals surface area contributed by atoms with Gasteiger partial charge in [0.2, 0.25) is 0 Å². The normalized spacial score (nSPS) is 47.6. The van der Waals surface area contributed by atoms with Crippen LogP contribution >= 0.6 is 0 Å². The smallest absolute Gasteiger partial charge is 0.136 e. The number of ketones is 4. The third-order valence-corrected chi connectivity index (χ3v) is 21.9. The maximum absolute atomic E-state index is 13.5. The highest BCUT2D eigenvalue weighted by Crippen LogP contribution is 2.69. The minimum atomic E-state index is -1.05. The van der Waals surface area contributed by atoms with Crippen molar-refractivity contribution >= 4 is 23.1 Å². The van der Waals surface area contributed by atoms with Crippen molar-refractivity contribution < 1.29 is 34.1 Å². The van der Waals surface area contributed by atoms with Gasteiger partial charge in [-0.3, -0.25) is 19.2 Å². The van der Waals surface area contributed by atoms with Crippen LogP contribution in [0.2, 0.25) is 0 Å². The van der Waals surface area contributed by atoms with E-state index in [1.807, 2.05) is 0 Å². The number of aliphatic hydroxyl groups excluding tert-OH is 1. The number of rotatable bonds is 9. The first-order valence-electron chi connectivity index (χ1n) is 25.6. The Morgan fingerprint density at radius 1 is 0.590 bits per heavy atom. The van der Waals surface area contributed by atoms with Crippen LogP contribution in [0.4, 0.5) is 0 Å². The second-order valence-corrected chi connectivity index (χ2v) is 25.7. The summed E-state index contributed by atoms with van der Waals surface area (Å²) in [5, 5.41) is 20.4. The molecule has 9 aliphatic rings. The molecule has 1 heterocycles. The fourth-order valence-electron chi connectivity index (χ4n) is 17.7. The summed E-state index contributed by atoms with van der Waals surface area (Å²) in [6, 6.07) is 0. The SMILES string of the molecule is C[C@H](CCC(O)C(C)(C)O)[C@H]1CC[C@H]2[C@@H]3C(=O)C[C@@H]4CC(=O)CC[C@]4(C)[C@H]3CC[C@]12C.C[C@H](CCC1OC1(C)C)[C@H]1CC[C@H]2[C@@H]3C(=O)C[C@@H]4CC(=O)CC[C@]4(C)[C@H]3CC[C@]12C. The van der Waals surface area contributed by atoms with E-state index in [4.69, 9.17) is 4.74 Å². The molecule has 7 nitrogen and oxygen atoms in total. The molecule has 344 valence electrons. The van der Waals surface area contributed by atoms with Crippen molar-refractivity contribution in [2.24, 2.45) is 92.7 Å². The molecule has 9 rings (SSSR count). The monoisotopic (exact) mass is 847 g/mol. The van der Waals surface area contributed by atoms with Crippen LogP contribution in [-0.4, -0.2) is 56.8 Å². The Bertz CT molecular complexity index is 1710. The van der Waals surface area contributed by atoms with E-state index < -0.39 is 11.7 Å². The Morgan fingerprint density at radius 3 is 1.41 bits per heavy atom. The van der Waals surface area contributed by atoms with Crippen molar-refractivity contribution in [2.45, 2.75) is 221 Å². The number of Topliss-reactive ketones (excluding diaryl/α,β-unsaturated/α-hetero) is 4. The number of carbonyl (C=O) groups is 4. The minimum Gasteiger partial charge on any atom is -0.390 e. The zero-order chi connectivity index (χ0) is 44.2. The molecular weight excluding hydrogens is 761 g/mol. The molecule has 8 saturated carbocycles. The van der Waals surface area contributed by atoms with Crippen molar-refractivity contribution in [1.29, 1.82) is 0 Å². The first-order chi connectivity index (χ1) is 28.4. The maximum Gasteiger partial charge on any atom is 0.136 e. The quantitative estimate of drug-likeness (QED) is 0.222. The number of hydrogen-bond donors (Lipinski definition) is 2. The maximum atomic E-state index is 13.5. The standard InChI is InChI=1S/C27H44O4.C27H42O3/c1-16(6-9-23(30)25(2,3)31)19-7-8-20-24-21(11-13-27(19,20)5)26(4)12-10-18(28)14-17(26)15-22(24)29;1-16(6-9-23-25(2,3)30-23)19-7-8-20-24-21(11-13-27(19,20)5)26(4)12-10-18(28)14-17(26)15-22(24)29/h16-17,19-21,23-24,30-31H,6-15H2,1-5H3;16-17,19-21,23-24H,6-15H2,1-5H3/t2*16-,17+,19-,20+,21+,23?,24+,26+,27-/m11/s1. The molecule has 0 amide bonds. The van der Waals surface area contributed by atoms with E-state index in [9.17, 15) is 29.4 Å². The molecule has 7 heteroatoms. The van der Waals surface area contributed by atoms with Crippen LogP contribution in [0.5, 0.6) is 0 Å². The number of hydrogen-bond acceptors (Lipinski definition) is 7. The molecule has 8 aliphatic carbocycles. The van der Waals surface area contributed by atoms with Crippen molar-refractivity contribution in [1.82, 2.24) is 0 Å². The summed E-state index contributed by atoms with van der Waals surface area (Å²) in [5.74, 6) is 7.29. The second-order valence-electron chi connectivity index (χ2n) is 25.7. The van der Waals surface area contributed by atoms with Gasteiger partial charge in [0.25, 0.3) is 0 Å². The Kier molecular flexibility index (Phi) is 12.2. The largest absolute Gasteiger partial charge is 0.390 e. The molecule has 1 saturated heterocycles. The van der Waals surface area contributed by atoms with Gasteiger partial charge in [0, 0.05) is 50.4 Å². The van der Waals surface area contributed by atoms with Crippen LogP contribution in [0.1, 0.15) is 198 Å². The topological polar surface area (TPSA) is 121 Å². The molecule has 0 bridgehead atoms. The third kappa shape index (κ3) is 7.94. The van der Waals surface area contributed by atoms with Gasteiger partial charge in [0.05, 0.1) is 23.4 Å². The lowest BCUT2D eigenvalue weighted by Gasteiger charge is -2.59. The number of fused-ring (bicyclic) bond motifs is 10. The van der Waals surface area contributed by atoms with Gasteiger partial charge in [-0.1, -0.05) is 41.5 Å². The van der Waals surface area contributed by atoms with Crippen LogP contribution in [0.15, 0.2) is 0 Å². The Balaban J connectivity index is 0.000000168. The molecule has 0 radical (unpaired) electrons. The van der Waals surface area contributed by atoms with Gasteiger partial charge in [0.1, 0.15) is 23.1 Å². The van der Waals surface area contributed by atoms with Crippen molar-refractivity contribution in [2.75, 3.05) is 0 Å². The third-order valence-electron chi connectivity index (χ3n) is 21.9. The molecule has 61 heavy (non-hydrogen) atoms. The Morgan fingerprint density at radius 2 is 1.00 bits per heavy atom. The van der Waals surface area contributed by atoms with E-state index >= 15 is 0 Å². The summed E-state index contributed by atoms with van der Waals surface area (Å²) < 4.78 is 5.83. The molecule has 0 aromatic carbocycles. The summed E-state index contributed by atoms with van der Waals surface area (Å²) >= 11 is 0. The molecule has 2 unspecified atom stereocenters. The van der Waals surface area contributed by atoms with E-state index in [0.29, 0.717) is 121 Å². The number of ether oxygens (including phenoxy) is 1. The molecule has 1 aliphatic heterocycles. The summed E-state index contributed by atoms with van der Waals surface area (Å²) in [6.45, 7) is 22.4. The average Bonchev–Trinajstić information content (AvgIpc) is 3.45. The number of aliphatic hydroxyl groups is 2. The zero-order valence-electron chi connectivity index (χ0n) is 40.2. The lowest BCUT2D eigenvalue weighted by molar-refractivity contribution is -0.160. The van der Waals surface area contributed by atoms with Gasteiger partial charge in [0.15, 0.2) is 0 Å². The van der Waals surface area contributed by atoms with Crippen molar-refractivity contribution in [3.63, 3.8) is 0 Å². The second kappa shape index (κ2) is 16.2. The van der Waals surface area contributed by atoms with E-state index in [1.54, 1.807) is 13.8 Å². The van der Waals surface area contributed by atoms with Gasteiger partial charge in [-0.15, -0.1) is 0 Å². The van der Waals surface area contributed by atoms with Gasteiger partial charge >= 0.3 is 0 Å². The van der Waals surface area contributed by atoms with E-state index in [0.717, 1.165) is 44.4 Å². The van der Waals surface area contributed by atoms with E-state index in [-0.39, 0.29) is 39.6 Å². The number of epoxide rings is 1. The summed E-state index contributed by atoms with van der Waals surface area (Å²) in [7, 11) is 0. The minimum absolute atomic E-state index is 0.0990. The van der Waals surface area contributed by atoms with Gasteiger partial charge in [-0.2, -0.15) is 0 Å². The first-order valence-corrected chi connectivity index (χ1v) is 25.6. The highest BCUT2D eigenvalue weighted by Gasteiger charge is 2.65. The van der Waals surface area contributed by atoms with Crippen LogP contribution < -0.4 is 0 Å². The highest BCUT2D eigenvalue weighted by molar-refractivity contribution is 5.87. The van der Waals surface area contributed by atoms with Crippen LogP contribution in [0.3, 0.4) is 0 Å². The van der Waals surface area contributed by atoms with Gasteiger partial charge in [-0.05, 0) is 198 Å². The van der Waals surface area contributed by atoms with Crippen LogP contribution in [0.25, 0.3) is 0 Å². The first kappa shape index (κ1) is 46.1. The molecule has 0 aromatic rings. The van der Waals surface area contributed by atoms with Crippen molar-refractivity contribution in [3.8, 4) is 0 Å². The molecule has 2 N–H and O–H groups in total. The van der Waals surface area contributed by atoms with Crippen LogP contribution in [0, 0.1) is 92.7 Å². The van der Waals surface area contributed by atoms with Gasteiger partial charge < -0.3 is 14.9 Å². The average molecular weight is 847 g/mol. The summed E-state index contributed by atoms with van der Waals surface area (Å²) in [6.07, 6.45) is 19.4.